The van der Waals surface area contributed by atoms with Crippen LogP contribution < -0.4 is 0 Å². The molecular formula is C31H45NO. The average Bonchev–Trinajstić information content (AvgIpc) is 2.88. The first-order valence-electron chi connectivity index (χ1n) is 13.8. The van der Waals surface area contributed by atoms with Crippen molar-refractivity contribution in [2.75, 3.05) is 6.61 Å². The van der Waals surface area contributed by atoms with Crippen LogP contribution in [0.4, 0.5) is 0 Å². The van der Waals surface area contributed by atoms with Crippen LogP contribution in [-0.2, 0) is 4.74 Å². The van der Waals surface area contributed by atoms with Gasteiger partial charge in [0.1, 0.15) is 6.07 Å². The Labute approximate surface area is 203 Å². The van der Waals surface area contributed by atoms with E-state index in [4.69, 9.17) is 4.74 Å². The standard InChI is InChI=1S/C31H45NO/c1-2-3-4-5-6-7-8-9-10-14-25-33-31(26-32)23-21-30(22-24-31)29-19-17-28(18-20-29)27-15-12-11-13-16-27/h17-23,27H,2-16,24-25H2,1H3. The molecule has 1 aromatic carbocycles. The Morgan fingerprint density at radius 3 is 2.09 bits per heavy atom. The Bertz CT molecular complexity index is 778. The highest BCUT2D eigenvalue weighted by Crippen LogP contribution is 2.34. The smallest absolute Gasteiger partial charge is 0.176 e. The summed E-state index contributed by atoms with van der Waals surface area (Å²) in [5.74, 6) is 0.745. The summed E-state index contributed by atoms with van der Waals surface area (Å²) in [7, 11) is 0. The lowest BCUT2D eigenvalue weighted by Crippen LogP contribution is -2.29. The first-order valence-corrected chi connectivity index (χ1v) is 13.8. The van der Waals surface area contributed by atoms with E-state index in [0.717, 1.165) is 12.3 Å². The van der Waals surface area contributed by atoms with Gasteiger partial charge in [-0.15, -0.1) is 0 Å². The van der Waals surface area contributed by atoms with Gasteiger partial charge in [-0.25, -0.2) is 0 Å². The lowest BCUT2D eigenvalue weighted by atomic mass is 9.83. The van der Waals surface area contributed by atoms with Crippen LogP contribution in [0, 0.1) is 11.3 Å². The van der Waals surface area contributed by atoms with Crippen LogP contribution in [0.3, 0.4) is 0 Å². The normalized spacial score (nSPS) is 21.0. The molecule has 33 heavy (non-hydrogen) atoms. The van der Waals surface area contributed by atoms with Crippen molar-refractivity contribution in [1.29, 1.82) is 5.26 Å². The summed E-state index contributed by atoms with van der Waals surface area (Å²) in [6.07, 6.45) is 26.8. The van der Waals surface area contributed by atoms with Crippen molar-refractivity contribution in [3.05, 3.63) is 53.6 Å². The molecule has 0 aromatic heterocycles. The van der Waals surface area contributed by atoms with E-state index in [1.807, 2.05) is 6.08 Å². The number of hydrogen-bond donors (Lipinski definition) is 0. The predicted molar refractivity (Wildman–Crippen MR) is 140 cm³/mol. The minimum absolute atomic E-state index is 0.636. The zero-order valence-corrected chi connectivity index (χ0v) is 21.0. The number of unbranched alkanes of at least 4 members (excludes halogenated alkanes) is 9. The topological polar surface area (TPSA) is 33.0 Å². The van der Waals surface area contributed by atoms with Crippen LogP contribution in [-0.4, -0.2) is 12.2 Å². The molecule has 2 aliphatic carbocycles. The highest BCUT2D eigenvalue weighted by Gasteiger charge is 2.29. The number of benzene rings is 1. The lowest BCUT2D eigenvalue weighted by molar-refractivity contribution is 0.0323. The maximum absolute atomic E-state index is 9.78. The molecule has 180 valence electrons. The SMILES string of the molecule is CCCCCCCCCCCCOC1(C#N)C=CC(c2ccc(C3CCCCC3)cc2)=CC1. The molecule has 1 atom stereocenters. The minimum Gasteiger partial charge on any atom is -0.356 e. The van der Waals surface area contributed by atoms with Gasteiger partial charge in [0.2, 0.25) is 0 Å². The molecule has 0 heterocycles. The van der Waals surface area contributed by atoms with Crippen LogP contribution in [0.15, 0.2) is 42.5 Å². The summed E-state index contributed by atoms with van der Waals surface area (Å²) < 4.78 is 6.08. The molecule has 1 unspecified atom stereocenters. The molecule has 2 aliphatic rings. The van der Waals surface area contributed by atoms with Crippen LogP contribution in [0.1, 0.15) is 127 Å². The van der Waals surface area contributed by atoms with Gasteiger partial charge in [0.05, 0.1) is 0 Å². The second kappa shape index (κ2) is 14.4. The molecule has 1 aromatic rings. The molecular weight excluding hydrogens is 402 g/mol. The van der Waals surface area contributed by atoms with Gasteiger partial charge in [-0.3, -0.25) is 0 Å². The summed E-state index contributed by atoms with van der Waals surface area (Å²) in [5, 5.41) is 9.78. The van der Waals surface area contributed by atoms with E-state index >= 15 is 0 Å². The van der Waals surface area contributed by atoms with Gasteiger partial charge in [0.15, 0.2) is 5.60 Å². The van der Waals surface area contributed by atoms with E-state index in [2.05, 4.69) is 49.4 Å². The summed E-state index contributed by atoms with van der Waals surface area (Å²) in [5.41, 5.74) is 3.15. The van der Waals surface area contributed by atoms with E-state index in [9.17, 15) is 5.26 Å². The van der Waals surface area contributed by atoms with Gasteiger partial charge in [-0.2, -0.15) is 5.26 Å². The summed E-state index contributed by atoms with van der Waals surface area (Å²) in [6.45, 7) is 2.94. The van der Waals surface area contributed by atoms with Crippen molar-refractivity contribution in [2.45, 2.75) is 121 Å². The molecule has 3 rings (SSSR count). The first kappa shape index (κ1) is 25.8. The second-order valence-corrected chi connectivity index (χ2v) is 10.2. The van der Waals surface area contributed by atoms with Gasteiger partial charge in [0, 0.05) is 13.0 Å². The number of ether oxygens (including phenoxy) is 1. The molecule has 0 aliphatic heterocycles. The van der Waals surface area contributed by atoms with E-state index in [1.54, 1.807) is 0 Å². The van der Waals surface area contributed by atoms with Gasteiger partial charge in [-0.05, 0) is 48.0 Å². The molecule has 0 amide bonds. The third kappa shape index (κ3) is 8.46. The number of hydrogen-bond acceptors (Lipinski definition) is 2. The molecule has 0 spiro atoms. The number of nitrogens with zero attached hydrogens (tertiary/aromatic N) is 1. The molecule has 0 bridgehead atoms. The summed E-state index contributed by atoms with van der Waals surface area (Å²) in [6, 6.07) is 11.6. The fraction of sp³-hybridized carbons (Fsp3) is 0.645. The number of rotatable bonds is 14. The third-order valence-electron chi connectivity index (χ3n) is 7.52. The Morgan fingerprint density at radius 2 is 1.52 bits per heavy atom. The quantitative estimate of drug-likeness (QED) is 0.266. The Balaban J connectivity index is 1.35. The third-order valence-corrected chi connectivity index (χ3v) is 7.52. The van der Waals surface area contributed by atoms with Crippen molar-refractivity contribution < 1.29 is 4.74 Å². The molecule has 0 saturated heterocycles. The van der Waals surface area contributed by atoms with Crippen LogP contribution in [0.5, 0.6) is 0 Å². The first-order chi connectivity index (χ1) is 16.3. The fourth-order valence-electron chi connectivity index (χ4n) is 5.29. The Hall–Kier alpha value is -1.85. The molecule has 0 N–H and O–H groups in total. The minimum atomic E-state index is -0.787. The summed E-state index contributed by atoms with van der Waals surface area (Å²) >= 11 is 0. The number of allylic oxidation sites excluding steroid dienone is 2. The molecule has 1 saturated carbocycles. The van der Waals surface area contributed by atoms with Crippen molar-refractivity contribution in [2.24, 2.45) is 0 Å². The van der Waals surface area contributed by atoms with Crippen molar-refractivity contribution >= 4 is 5.57 Å². The van der Waals surface area contributed by atoms with Crippen LogP contribution in [0.25, 0.3) is 5.57 Å². The van der Waals surface area contributed by atoms with E-state index < -0.39 is 5.60 Å². The highest BCUT2D eigenvalue weighted by atomic mass is 16.5. The maximum atomic E-state index is 9.78. The predicted octanol–water partition coefficient (Wildman–Crippen LogP) is 9.28. The Morgan fingerprint density at radius 1 is 0.879 bits per heavy atom. The van der Waals surface area contributed by atoms with Crippen molar-refractivity contribution in [3.63, 3.8) is 0 Å². The van der Waals surface area contributed by atoms with Crippen LogP contribution >= 0.6 is 0 Å². The van der Waals surface area contributed by atoms with Crippen molar-refractivity contribution in [1.82, 2.24) is 0 Å². The summed E-state index contributed by atoms with van der Waals surface area (Å²) in [4.78, 5) is 0. The lowest BCUT2D eigenvalue weighted by Gasteiger charge is -2.26. The monoisotopic (exact) mass is 447 g/mol. The fourth-order valence-corrected chi connectivity index (χ4v) is 5.29. The molecule has 0 radical (unpaired) electrons. The highest BCUT2D eigenvalue weighted by molar-refractivity contribution is 5.76. The molecule has 1 fully saturated rings. The van der Waals surface area contributed by atoms with Gasteiger partial charge < -0.3 is 4.74 Å². The zero-order chi connectivity index (χ0) is 23.2. The van der Waals surface area contributed by atoms with E-state index in [-0.39, 0.29) is 0 Å². The maximum Gasteiger partial charge on any atom is 0.176 e. The van der Waals surface area contributed by atoms with E-state index in [0.29, 0.717) is 13.0 Å². The average molecular weight is 448 g/mol. The van der Waals surface area contributed by atoms with Gasteiger partial charge >= 0.3 is 0 Å². The van der Waals surface area contributed by atoms with E-state index in [1.165, 1.54) is 107 Å². The second-order valence-electron chi connectivity index (χ2n) is 10.2. The van der Waals surface area contributed by atoms with Gasteiger partial charge in [0.25, 0.3) is 0 Å². The largest absolute Gasteiger partial charge is 0.356 e. The molecule has 2 heteroatoms. The number of nitriles is 1. The molecule has 2 nitrogen and oxygen atoms in total. The van der Waals surface area contributed by atoms with Gasteiger partial charge in [-0.1, -0.05) is 120 Å². The van der Waals surface area contributed by atoms with Crippen molar-refractivity contribution in [3.8, 4) is 6.07 Å². The Kier molecular flexibility index (Phi) is 11.3. The van der Waals surface area contributed by atoms with Crippen LogP contribution in [0.2, 0.25) is 0 Å². The zero-order valence-electron chi connectivity index (χ0n) is 21.0.